The molecule has 3 N–H and O–H groups in total. The lowest BCUT2D eigenvalue weighted by Gasteiger charge is -2.22. The van der Waals surface area contributed by atoms with Gasteiger partial charge in [-0.25, -0.2) is 0 Å². The molecule has 1 atom stereocenters. The molecule has 1 saturated carbocycles. The molecule has 1 amide bonds. The Morgan fingerprint density at radius 3 is 2.88 bits per heavy atom. The van der Waals surface area contributed by atoms with Gasteiger partial charge < -0.3 is 16.0 Å². The first kappa shape index (κ1) is 12.8. The van der Waals surface area contributed by atoms with Gasteiger partial charge in [-0.1, -0.05) is 0 Å². The van der Waals surface area contributed by atoms with E-state index in [1.165, 1.54) is 32.2 Å². The van der Waals surface area contributed by atoms with Crippen molar-refractivity contribution in [3.05, 3.63) is 0 Å². The number of piperidine rings is 1. The van der Waals surface area contributed by atoms with Gasteiger partial charge in [0.05, 0.1) is 0 Å². The van der Waals surface area contributed by atoms with Crippen molar-refractivity contribution < 1.29 is 4.79 Å². The van der Waals surface area contributed by atoms with Crippen LogP contribution in [0.1, 0.15) is 38.5 Å². The van der Waals surface area contributed by atoms with Crippen LogP contribution in [0.4, 0.5) is 0 Å². The maximum absolute atomic E-state index is 11.4. The van der Waals surface area contributed by atoms with Crippen LogP contribution in [0.2, 0.25) is 0 Å². The van der Waals surface area contributed by atoms with E-state index in [9.17, 15) is 4.79 Å². The second kappa shape index (κ2) is 6.97. The molecule has 1 saturated heterocycles. The maximum atomic E-state index is 11.4. The lowest BCUT2D eigenvalue weighted by atomic mass is 10.00. The van der Waals surface area contributed by atoms with Crippen molar-refractivity contribution in [3.8, 4) is 0 Å². The van der Waals surface area contributed by atoms with Gasteiger partial charge >= 0.3 is 0 Å². The van der Waals surface area contributed by atoms with Gasteiger partial charge in [0.2, 0.25) is 5.91 Å². The Labute approximate surface area is 104 Å². The molecule has 2 aliphatic rings. The van der Waals surface area contributed by atoms with Crippen LogP contribution in [0.5, 0.6) is 0 Å². The highest BCUT2D eigenvalue weighted by Gasteiger charge is 2.22. The van der Waals surface area contributed by atoms with E-state index in [2.05, 4.69) is 16.0 Å². The Morgan fingerprint density at radius 2 is 2.18 bits per heavy atom. The zero-order chi connectivity index (χ0) is 11.9. The highest BCUT2D eigenvalue weighted by Crippen LogP contribution is 2.18. The Hall–Kier alpha value is -0.610. The van der Waals surface area contributed by atoms with E-state index in [-0.39, 0.29) is 5.91 Å². The summed E-state index contributed by atoms with van der Waals surface area (Å²) in [6, 6.07) is 0.503. The van der Waals surface area contributed by atoms with Gasteiger partial charge in [-0.3, -0.25) is 4.79 Å². The predicted octanol–water partition coefficient (Wildman–Crippen LogP) is 0.634. The molecule has 0 aromatic heterocycles. The summed E-state index contributed by atoms with van der Waals surface area (Å²) in [5.41, 5.74) is 0. The zero-order valence-electron chi connectivity index (χ0n) is 10.6. The third-order valence-corrected chi connectivity index (χ3v) is 3.53. The van der Waals surface area contributed by atoms with Crippen molar-refractivity contribution in [2.24, 2.45) is 5.92 Å². The SMILES string of the molecule is O=C(CCCNCC1CCCNC1)NC1CC1. The van der Waals surface area contributed by atoms with Crippen LogP contribution < -0.4 is 16.0 Å². The Kier molecular flexibility index (Phi) is 5.26. The summed E-state index contributed by atoms with van der Waals surface area (Å²) >= 11 is 0. The highest BCUT2D eigenvalue weighted by molar-refractivity contribution is 5.76. The normalized spacial score (nSPS) is 24.6. The number of nitrogens with one attached hydrogen (secondary N) is 3. The lowest BCUT2D eigenvalue weighted by molar-refractivity contribution is -0.121. The monoisotopic (exact) mass is 239 g/mol. The zero-order valence-corrected chi connectivity index (χ0v) is 10.6. The minimum absolute atomic E-state index is 0.230. The molecular weight excluding hydrogens is 214 g/mol. The summed E-state index contributed by atoms with van der Waals surface area (Å²) in [6.07, 6.45) is 6.63. The molecule has 1 heterocycles. The molecule has 98 valence electrons. The topological polar surface area (TPSA) is 53.2 Å². The molecule has 1 aliphatic carbocycles. The summed E-state index contributed by atoms with van der Waals surface area (Å²) in [4.78, 5) is 11.4. The standard InChI is InChI=1S/C13H25N3O/c17-13(16-12-5-6-12)4-2-8-15-10-11-3-1-7-14-9-11/h11-12,14-15H,1-10H2,(H,16,17). The molecule has 0 aromatic carbocycles. The molecule has 17 heavy (non-hydrogen) atoms. The van der Waals surface area contributed by atoms with Gasteiger partial charge in [0.25, 0.3) is 0 Å². The van der Waals surface area contributed by atoms with E-state index in [0.717, 1.165) is 32.0 Å². The van der Waals surface area contributed by atoms with Crippen LogP contribution in [0.15, 0.2) is 0 Å². The molecular formula is C13H25N3O. The Balaban J connectivity index is 1.41. The second-order valence-electron chi connectivity index (χ2n) is 5.36. The van der Waals surface area contributed by atoms with E-state index in [0.29, 0.717) is 12.5 Å². The molecule has 2 rings (SSSR count). The first-order valence-corrected chi connectivity index (χ1v) is 7.05. The van der Waals surface area contributed by atoms with Gasteiger partial charge in [0, 0.05) is 12.5 Å². The number of carbonyl (C=O) groups excluding carboxylic acids is 1. The molecule has 0 bridgehead atoms. The van der Waals surface area contributed by atoms with Gasteiger partial charge in [-0.2, -0.15) is 0 Å². The summed E-state index contributed by atoms with van der Waals surface area (Å²) in [5.74, 6) is 1.01. The fourth-order valence-electron chi connectivity index (χ4n) is 2.31. The van der Waals surface area contributed by atoms with Crippen molar-refractivity contribution >= 4 is 5.91 Å². The number of amides is 1. The average molecular weight is 239 g/mol. The summed E-state index contributed by atoms with van der Waals surface area (Å²) in [7, 11) is 0. The third kappa shape index (κ3) is 5.50. The van der Waals surface area contributed by atoms with E-state index < -0.39 is 0 Å². The smallest absolute Gasteiger partial charge is 0.220 e. The molecule has 1 unspecified atom stereocenters. The first-order chi connectivity index (χ1) is 8.34. The lowest BCUT2D eigenvalue weighted by Crippen LogP contribution is -2.36. The summed E-state index contributed by atoms with van der Waals surface area (Å²) in [5, 5.41) is 9.90. The van der Waals surface area contributed by atoms with Gasteiger partial charge in [0.1, 0.15) is 0 Å². The average Bonchev–Trinajstić information content (AvgIpc) is 3.14. The predicted molar refractivity (Wildman–Crippen MR) is 68.9 cm³/mol. The summed E-state index contributed by atoms with van der Waals surface area (Å²) < 4.78 is 0. The van der Waals surface area contributed by atoms with Crippen molar-refractivity contribution in [1.82, 2.24) is 16.0 Å². The van der Waals surface area contributed by atoms with Crippen molar-refractivity contribution in [1.29, 1.82) is 0 Å². The molecule has 0 aromatic rings. The second-order valence-corrected chi connectivity index (χ2v) is 5.36. The number of hydrogen-bond acceptors (Lipinski definition) is 3. The molecule has 0 radical (unpaired) electrons. The van der Waals surface area contributed by atoms with Crippen LogP contribution >= 0.6 is 0 Å². The number of hydrogen-bond donors (Lipinski definition) is 3. The van der Waals surface area contributed by atoms with Crippen LogP contribution in [0, 0.1) is 5.92 Å². The van der Waals surface area contributed by atoms with Crippen LogP contribution in [0.3, 0.4) is 0 Å². The molecule has 4 nitrogen and oxygen atoms in total. The third-order valence-electron chi connectivity index (χ3n) is 3.53. The Morgan fingerprint density at radius 1 is 1.29 bits per heavy atom. The van der Waals surface area contributed by atoms with Gasteiger partial charge in [-0.15, -0.1) is 0 Å². The van der Waals surface area contributed by atoms with Gasteiger partial charge in [0.15, 0.2) is 0 Å². The fourth-order valence-corrected chi connectivity index (χ4v) is 2.31. The summed E-state index contributed by atoms with van der Waals surface area (Å²) in [6.45, 7) is 4.39. The number of rotatable bonds is 7. The minimum Gasteiger partial charge on any atom is -0.353 e. The van der Waals surface area contributed by atoms with E-state index in [1.807, 2.05) is 0 Å². The quantitative estimate of drug-likeness (QED) is 0.571. The van der Waals surface area contributed by atoms with E-state index >= 15 is 0 Å². The number of carbonyl (C=O) groups is 1. The fraction of sp³-hybridized carbons (Fsp3) is 0.923. The van der Waals surface area contributed by atoms with E-state index in [1.54, 1.807) is 0 Å². The highest BCUT2D eigenvalue weighted by atomic mass is 16.1. The van der Waals surface area contributed by atoms with Crippen LogP contribution in [0.25, 0.3) is 0 Å². The maximum Gasteiger partial charge on any atom is 0.220 e. The Bertz CT molecular complexity index is 235. The molecule has 0 spiro atoms. The first-order valence-electron chi connectivity index (χ1n) is 7.05. The van der Waals surface area contributed by atoms with E-state index in [4.69, 9.17) is 0 Å². The molecule has 4 heteroatoms. The largest absolute Gasteiger partial charge is 0.353 e. The van der Waals surface area contributed by atoms with Crippen LogP contribution in [-0.2, 0) is 4.79 Å². The van der Waals surface area contributed by atoms with Gasteiger partial charge in [-0.05, 0) is 64.2 Å². The minimum atomic E-state index is 0.230. The van der Waals surface area contributed by atoms with Crippen molar-refractivity contribution in [2.75, 3.05) is 26.2 Å². The van der Waals surface area contributed by atoms with Crippen molar-refractivity contribution in [2.45, 2.75) is 44.6 Å². The van der Waals surface area contributed by atoms with Crippen LogP contribution in [-0.4, -0.2) is 38.1 Å². The van der Waals surface area contributed by atoms with Crippen molar-refractivity contribution in [3.63, 3.8) is 0 Å². The molecule has 1 aliphatic heterocycles. The molecule has 2 fully saturated rings.